The van der Waals surface area contributed by atoms with Crippen molar-refractivity contribution in [1.29, 1.82) is 0 Å². The Balaban J connectivity index is 2.23. The van der Waals surface area contributed by atoms with Gasteiger partial charge in [-0.2, -0.15) is 0 Å². The van der Waals surface area contributed by atoms with E-state index in [1.807, 2.05) is 0 Å². The number of nitrogens with zero attached hydrogens (tertiary/aromatic N) is 1. The van der Waals surface area contributed by atoms with Gasteiger partial charge in [0, 0.05) is 23.5 Å². The van der Waals surface area contributed by atoms with Crippen LogP contribution in [0.25, 0.3) is 0 Å². The highest BCUT2D eigenvalue weighted by atomic mass is 35.5. The van der Waals surface area contributed by atoms with Crippen molar-refractivity contribution >= 4 is 29.1 Å². The number of halogens is 2. The van der Waals surface area contributed by atoms with Gasteiger partial charge in [-0.15, -0.1) is 11.6 Å². The molecule has 2 rings (SSSR count). The van der Waals surface area contributed by atoms with Gasteiger partial charge in [-0.25, -0.2) is 0 Å². The van der Waals surface area contributed by atoms with Crippen molar-refractivity contribution in [3.05, 3.63) is 28.8 Å². The maximum absolute atomic E-state index is 12.4. The van der Waals surface area contributed by atoms with Crippen molar-refractivity contribution in [3.63, 3.8) is 0 Å². The maximum Gasteiger partial charge on any atom is 0.257 e. The first-order valence-corrected chi connectivity index (χ1v) is 6.90. The lowest BCUT2D eigenvalue weighted by Gasteiger charge is -2.37. The molecule has 1 amide bonds. The minimum absolute atomic E-state index is 0.0386. The van der Waals surface area contributed by atoms with Crippen molar-refractivity contribution in [1.82, 2.24) is 4.90 Å². The Hall–Kier alpha value is -0.930. The number of hydrogen-bond acceptors (Lipinski definition) is 2. The summed E-state index contributed by atoms with van der Waals surface area (Å²) in [5.41, 5.74) is 0.250. The van der Waals surface area contributed by atoms with Gasteiger partial charge in [-0.3, -0.25) is 4.79 Å². The summed E-state index contributed by atoms with van der Waals surface area (Å²) in [4.78, 5) is 14.1. The molecule has 1 aliphatic rings. The minimum atomic E-state index is -0.194. The summed E-state index contributed by atoms with van der Waals surface area (Å²) in [7, 11) is 0. The van der Waals surface area contributed by atoms with Gasteiger partial charge in [0.15, 0.2) is 0 Å². The molecule has 0 radical (unpaired) electrons. The van der Waals surface area contributed by atoms with E-state index in [1.54, 1.807) is 11.0 Å². The van der Waals surface area contributed by atoms with Crippen LogP contribution in [-0.4, -0.2) is 34.4 Å². The number of aromatic hydroxyl groups is 1. The van der Waals surface area contributed by atoms with Crippen molar-refractivity contribution in [2.75, 3.05) is 12.4 Å². The first kappa shape index (κ1) is 13.5. The zero-order valence-electron chi connectivity index (χ0n) is 9.90. The second-order valence-corrected chi connectivity index (χ2v) is 5.25. The average Bonchev–Trinajstić information content (AvgIpc) is 2.28. The summed E-state index contributed by atoms with van der Waals surface area (Å²) in [5, 5.41) is 10.2. The van der Waals surface area contributed by atoms with Crippen LogP contribution in [0.2, 0.25) is 5.02 Å². The van der Waals surface area contributed by atoms with Crippen molar-refractivity contribution in [2.45, 2.75) is 25.3 Å². The number of phenols is 1. The second kappa shape index (κ2) is 5.81. The molecule has 0 atom stereocenters. The van der Waals surface area contributed by atoms with E-state index < -0.39 is 0 Å². The number of alkyl halides is 1. The van der Waals surface area contributed by atoms with E-state index in [2.05, 4.69) is 0 Å². The Morgan fingerprint density at radius 1 is 1.44 bits per heavy atom. The molecule has 0 spiro atoms. The number of carbonyl (C=O) groups excluding carboxylic acids is 1. The van der Waals surface area contributed by atoms with Gasteiger partial charge in [0.2, 0.25) is 0 Å². The Morgan fingerprint density at radius 2 is 2.17 bits per heavy atom. The Morgan fingerprint density at radius 3 is 2.72 bits per heavy atom. The highest BCUT2D eigenvalue weighted by Crippen LogP contribution is 2.29. The summed E-state index contributed by atoms with van der Waals surface area (Å²) in [6.07, 6.45) is 3.15. The first-order valence-electron chi connectivity index (χ1n) is 5.99. The highest BCUT2D eigenvalue weighted by molar-refractivity contribution is 6.31. The molecule has 5 heteroatoms. The molecule has 3 nitrogen and oxygen atoms in total. The Labute approximate surface area is 116 Å². The SMILES string of the molecule is O=C(c1cc(Cl)ccc1O)N(CCCl)C1CCC1. The van der Waals surface area contributed by atoms with Gasteiger partial charge in [0.05, 0.1) is 5.56 Å². The van der Waals surface area contributed by atoms with Crippen molar-refractivity contribution in [2.24, 2.45) is 0 Å². The second-order valence-electron chi connectivity index (χ2n) is 4.43. The normalized spacial score (nSPS) is 15.2. The van der Waals surface area contributed by atoms with Crippen LogP contribution in [0.5, 0.6) is 5.75 Å². The fourth-order valence-corrected chi connectivity index (χ4v) is 2.43. The summed E-state index contributed by atoms with van der Waals surface area (Å²) in [6.45, 7) is 0.497. The lowest BCUT2D eigenvalue weighted by molar-refractivity contribution is 0.0595. The summed E-state index contributed by atoms with van der Waals surface area (Å²) >= 11 is 11.6. The molecule has 0 bridgehead atoms. The van der Waals surface area contributed by atoms with Gasteiger partial charge in [0.1, 0.15) is 5.75 Å². The highest BCUT2D eigenvalue weighted by Gasteiger charge is 2.30. The smallest absolute Gasteiger partial charge is 0.257 e. The quantitative estimate of drug-likeness (QED) is 0.864. The zero-order valence-corrected chi connectivity index (χ0v) is 11.4. The van der Waals surface area contributed by atoms with Crippen LogP contribution in [0, 0.1) is 0 Å². The maximum atomic E-state index is 12.4. The lowest BCUT2D eigenvalue weighted by Crippen LogP contribution is -2.45. The van der Waals surface area contributed by atoms with Gasteiger partial charge in [0.25, 0.3) is 5.91 Å². The minimum Gasteiger partial charge on any atom is -0.507 e. The van der Waals surface area contributed by atoms with Gasteiger partial charge < -0.3 is 10.0 Å². The molecular formula is C13H15Cl2NO2. The molecule has 1 aromatic rings. The monoisotopic (exact) mass is 287 g/mol. The van der Waals surface area contributed by atoms with E-state index in [9.17, 15) is 9.90 Å². The lowest BCUT2D eigenvalue weighted by atomic mass is 9.91. The van der Waals surface area contributed by atoms with Gasteiger partial charge in [-0.1, -0.05) is 11.6 Å². The molecule has 0 aliphatic heterocycles. The number of hydrogen-bond donors (Lipinski definition) is 1. The Bertz CT molecular complexity index is 447. The van der Waals surface area contributed by atoms with Crippen LogP contribution in [0.1, 0.15) is 29.6 Å². The van der Waals surface area contributed by atoms with Crippen LogP contribution in [-0.2, 0) is 0 Å². The predicted octanol–water partition coefficient (Wildman–Crippen LogP) is 3.28. The van der Waals surface area contributed by atoms with Crippen LogP contribution in [0.4, 0.5) is 0 Å². The van der Waals surface area contributed by atoms with Crippen LogP contribution in [0.15, 0.2) is 18.2 Å². The van der Waals surface area contributed by atoms with Gasteiger partial charge in [-0.05, 0) is 37.5 Å². The number of phenolic OH excluding ortho intramolecular Hbond substituents is 1. The van der Waals surface area contributed by atoms with E-state index in [0.29, 0.717) is 17.4 Å². The molecule has 18 heavy (non-hydrogen) atoms. The van der Waals surface area contributed by atoms with Crippen LogP contribution >= 0.6 is 23.2 Å². The molecule has 1 aromatic carbocycles. The van der Waals surface area contributed by atoms with Crippen molar-refractivity contribution in [3.8, 4) is 5.75 Å². The molecule has 1 N–H and O–H groups in total. The fourth-order valence-electron chi connectivity index (χ4n) is 2.07. The molecule has 1 aliphatic carbocycles. The fraction of sp³-hybridized carbons (Fsp3) is 0.462. The molecular weight excluding hydrogens is 273 g/mol. The van der Waals surface area contributed by atoms with E-state index in [1.165, 1.54) is 12.1 Å². The average molecular weight is 288 g/mol. The molecule has 0 heterocycles. The summed E-state index contributed by atoms with van der Waals surface area (Å²) < 4.78 is 0. The van der Waals surface area contributed by atoms with Crippen LogP contribution in [0.3, 0.4) is 0 Å². The molecule has 98 valence electrons. The van der Waals surface area contributed by atoms with E-state index in [-0.39, 0.29) is 23.3 Å². The number of amides is 1. The van der Waals surface area contributed by atoms with Crippen molar-refractivity contribution < 1.29 is 9.90 Å². The van der Waals surface area contributed by atoms with E-state index >= 15 is 0 Å². The van der Waals surface area contributed by atoms with E-state index in [4.69, 9.17) is 23.2 Å². The summed E-state index contributed by atoms with van der Waals surface area (Å²) in [5.74, 6) is 0.160. The molecule has 1 fully saturated rings. The van der Waals surface area contributed by atoms with E-state index in [0.717, 1.165) is 19.3 Å². The topological polar surface area (TPSA) is 40.5 Å². The predicted molar refractivity (Wildman–Crippen MR) is 72.5 cm³/mol. The van der Waals surface area contributed by atoms with Gasteiger partial charge >= 0.3 is 0 Å². The molecule has 0 aromatic heterocycles. The standard InChI is InChI=1S/C13H15Cl2NO2/c14-6-7-16(10-2-1-3-10)13(18)11-8-9(15)4-5-12(11)17/h4-5,8,10,17H,1-3,6-7H2. The molecule has 1 saturated carbocycles. The first-order chi connectivity index (χ1) is 8.63. The number of benzene rings is 1. The third-order valence-electron chi connectivity index (χ3n) is 3.29. The third-order valence-corrected chi connectivity index (χ3v) is 3.69. The number of carbonyl (C=O) groups is 1. The number of rotatable bonds is 4. The van der Waals surface area contributed by atoms with Crippen LogP contribution < -0.4 is 0 Å². The zero-order chi connectivity index (χ0) is 13.1. The summed E-state index contributed by atoms with van der Waals surface area (Å²) in [6, 6.07) is 4.74. The molecule has 0 unspecified atom stereocenters. The third kappa shape index (κ3) is 2.73. The largest absolute Gasteiger partial charge is 0.507 e. The molecule has 0 saturated heterocycles. The Kier molecular flexibility index (Phi) is 4.36.